The first-order valence-corrected chi connectivity index (χ1v) is 6.51. The molecule has 1 fully saturated rings. The van der Waals surface area contributed by atoms with Crippen LogP contribution in [-0.4, -0.2) is 29.6 Å². The molecule has 0 bridgehead atoms. The number of rotatable bonds is 2. The Morgan fingerprint density at radius 3 is 2.67 bits per heavy atom. The van der Waals surface area contributed by atoms with Crippen LogP contribution in [0.4, 0.5) is 4.39 Å². The van der Waals surface area contributed by atoms with Gasteiger partial charge in [-0.3, -0.25) is 0 Å². The zero-order valence-corrected chi connectivity index (χ0v) is 11.2. The summed E-state index contributed by atoms with van der Waals surface area (Å²) in [6, 6.07) is 6.41. The van der Waals surface area contributed by atoms with Crippen molar-refractivity contribution >= 4 is 10.9 Å². The van der Waals surface area contributed by atoms with Crippen molar-refractivity contribution in [3.8, 4) is 0 Å². The summed E-state index contributed by atoms with van der Waals surface area (Å²) in [5.41, 5.74) is 2.22. The summed E-state index contributed by atoms with van der Waals surface area (Å²) < 4.78 is 15.7. The minimum absolute atomic E-state index is 0.143. The predicted octanol–water partition coefficient (Wildman–Crippen LogP) is 3.35. The van der Waals surface area contributed by atoms with Gasteiger partial charge in [0.15, 0.2) is 0 Å². The molecule has 3 heteroatoms. The summed E-state index contributed by atoms with van der Waals surface area (Å²) >= 11 is 0. The molecule has 0 saturated heterocycles. The van der Waals surface area contributed by atoms with Crippen LogP contribution in [0.15, 0.2) is 24.4 Å². The maximum Gasteiger partial charge on any atom is 0.124 e. The Morgan fingerprint density at radius 2 is 2.06 bits per heavy atom. The third-order valence-electron chi connectivity index (χ3n) is 4.19. The van der Waals surface area contributed by atoms with Crippen molar-refractivity contribution in [3.05, 3.63) is 35.8 Å². The molecule has 1 heterocycles. The van der Waals surface area contributed by atoms with E-state index in [1.54, 1.807) is 12.1 Å². The van der Waals surface area contributed by atoms with Crippen LogP contribution in [0.1, 0.15) is 24.4 Å². The lowest BCUT2D eigenvalue weighted by Crippen LogP contribution is -2.44. The van der Waals surface area contributed by atoms with E-state index in [-0.39, 0.29) is 5.82 Å². The molecule has 0 amide bonds. The molecular weight excluding hydrogens is 227 g/mol. The zero-order chi connectivity index (χ0) is 12.9. The number of hydrogen-bond acceptors (Lipinski definition) is 1. The first kappa shape index (κ1) is 11.7. The first-order valence-electron chi connectivity index (χ1n) is 6.51. The van der Waals surface area contributed by atoms with Crippen molar-refractivity contribution in [2.45, 2.75) is 31.8 Å². The Labute approximate surface area is 107 Å². The van der Waals surface area contributed by atoms with Crippen LogP contribution < -0.4 is 0 Å². The van der Waals surface area contributed by atoms with Gasteiger partial charge in [0.1, 0.15) is 5.82 Å². The van der Waals surface area contributed by atoms with Gasteiger partial charge in [-0.25, -0.2) is 4.39 Å². The molecule has 1 aliphatic rings. The largest absolute Gasteiger partial charge is 0.343 e. The van der Waals surface area contributed by atoms with E-state index in [1.807, 2.05) is 13.0 Å². The third kappa shape index (κ3) is 1.65. The summed E-state index contributed by atoms with van der Waals surface area (Å²) in [5, 5.41) is 1.01. The fourth-order valence-electron chi connectivity index (χ4n) is 3.14. The van der Waals surface area contributed by atoms with E-state index in [2.05, 4.69) is 29.8 Å². The molecule has 2 nitrogen and oxygen atoms in total. The van der Waals surface area contributed by atoms with E-state index in [4.69, 9.17) is 0 Å². The number of hydrogen-bond donors (Lipinski definition) is 0. The number of fused-ring (bicyclic) bond motifs is 1. The molecular formula is C15H19FN2. The zero-order valence-electron chi connectivity index (χ0n) is 11.2. The first-order chi connectivity index (χ1) is 8.58. The van der Waals surface area contributed by atoms with Gasteiger partial charge >= 0.3 is 0 Å². The Kier molecular flexibility index (Phi) is 2.67. The van der Waals surface area contributed by atoms with Gasteiger partial charge in [-0.1, -0.05) is 0 Å². The Morgan fingerprint density at radius 1 is 1.28 bits per heavy atom. The van der Waals surface area contributed by atoms with Gasteiger partial charge in [-0.05, 0) is 57.6 Å². The Balaban J connectivity index is 2.08. The number of halogens is 1. The summed E-state index contributed by atoms with van der Waals surface area (Å²) in [7, 11) is 4.27. The Bertz CT molecular complexity index is 585. The van der Waals surface area contributed by atoms with E-state index < -0.39 is 0 Å². The van der Waals surface area contributed by atoms with Gasteiger partial charge in [0.25, 0.3) is 0 Å². The van der Waals surface area contributed by atoms with Gasteiger partial charge in [-0.15, -0.1) is 0 Å². The van der Waals surface area contributed by atoms with Crippen LogP contribution >= 0.6 is 0 Å². The van der Waals surface area contributed by atoms with Crippen LogP contribution in [-0.2, 0) is 0 Å². The van der Waals surface area contributed by atoms with Crippen molar-refractivity contribution in [2.24, 2.45) is 0 Å². The molecule has 1 saturated carbocycles. The van der Waals surface area contributed by atoms with Crippen molar-refractivity contribution in [3.63, 3.8) is 0 Å². The lowest BCUT2D eigenvalue weighted by atomic mass is 9.85. The van der Waals surface area contributed by atoms with Crippen molar-refractivity contribution in [1.29, 1.82) is 0 Å². The molecule has 96 valence electrons. The third-order valence-corrected chi connectivity index (χ3v) is 4.19. The number of benzene rings is 1. The smallest absolute Gasteiger partial charge is 0.124 e. The fourth-order valence-corrected chi connectivity index (χ4v) is 3.14. The summed E-state index contributed by atoms with van der Waals surface area (Å²) in [6.45, 7) is 1.99. The summed E-state index contributed by atoms with van der Waals surface area (Å²) in [6.07, 6.45) is 4.57. The molecule has 1 aromatic carbocycles. The highest BCUT2D eigenvalue weighted by atomic mass is 19.1. The van der Waals surface area contributed by atoms with Crippen LogP contribution in [0.5, 0.6) is 0 Å². The predicted molar refractivity (Wildman–Crippen MR) is 72.4 cm³/mol. The molecule has 2 unspecified atom stereocenters. The van der Waals surface area contributed by atoms with Crippen LogP contribution in [0.2, 0.25) is 0 Å². The molecule has 18 heavy (non-hydrogen) atoms. The van der Waals surface area contributed by atoms with Gasteiger partial charge in [0.2, 0.25) is 0 Å². The molecule has 2 aromatic rings. The molecule has 2 atom stereocenters. The SMILES string of the molecule is Cc1cc(F)cc2ccn(C3CCC3N(C)C)c12. The Hall–Kier alpha value is -1.35. The second kappa shape index (κ2) is 4.09. The van der Waals surface area contributed by atoms with E-state index in [0.717, 1.165) is 10.9 Å². The average molecular weight is 246 g/mol. The standard InChI is InChI=1S/C15H19FN2/c1-10-8-12(16)9-11-6-7-18(15(10)11)14-5-4-13(14)17(2)3/h6-9,13-14H,4-5H2,1-3H3. The van der Waals surface area contributed by atoms with Crippen LogP contribution in [0.25, 0.3) is 10.9 Å². The minimum Gasteiger partial charge on any atom is -0.343 e. The maximum absolute atomic E-state index is 13.4. The summed E-state index contributed by atoms with van der Waals surface area (Å²) in [5.74, 6) is -0.143. The monoisotopic (exact) mass is 246 g/mol. The normalized spacial score (nSPS) is 23.6. The average Bonchev–Trinajstić information content (AvgIpc) is 2.58. The van der Waals surface area contributed by atoms with E-state index in [9.17, 15) is 4.39 Å². The number of aromatic nitrogens is 1. The highest BCUT2D eigenvalue weighted by Crippen LogP contribution is 2.38. The number of likely N-dealkylation sites (N-methyl/N-ethyl adjacent to an activating group) is 1. The maximum atomic E-state index is 13.4. The van der Waals surface area contributed by atoms with Crippen molar-refractivity contribution < 1.29 is 4.39 Å². The molecule has 0 spiro atoms. The van der Waals surface area contributed by atoms with E-state index in [1.165, 1.54) is 18.4 Å². The quantitative estimate of drug-likeness (QED) is 0.789. The second-order valence-corrected chi connectivity index (χ2v) is 5.56. The van der Waals surface area contributed by atoms with Crippen LogP contribution in [0, 0.1) is 12.7 Å². The number of nitrogens with zero attached hydrogens (tertiary/aromatic N) is 2. The summed E-state index contributed by atoms with van der Waals surface area (Å²) in [4.78, 5) is 2.29. The van der Waals surface area contributed by atoms with Crippen LogP contribution in [0.3, 0.4) is 0 Å². The highest BCUT2D eigenvalue weighted by molar-refractivity contribution is 5.83. The second-order valence-electron chi connectivity index (χ2n) is 5.56. The van der Waals surface area contributed by atoms with E-state index >= 15 is 0 Å². The van der Waals surface area contributed by atoms with Crippen molar-refractivity contribution in [1.82, 2.24) is 9.47 Å². The molecule has 0 radical (unpaired) electrons. The van der Waals surface area contributed by atoms with Crippen molar-refractivity contribution in [2.75, 3.05) is 14.1 Å². The fraction of sp³-hybridized carbons (Fsp3) is 0.467. The number of aryl methyl sites for hydroxylation is 1. The highest BCUT2D eigenvalue weighted by Gasteiger charge is 2.34. The van der Waals surface area contributed by atoms with E-state index in [0.29, 0.717) is 12.1 Å². The molecule has 1 aliphatic carbocycles. The van der Waals surface area contributed by atoms with Gasteiger partial charge in [0, 0.05) is 23.7 Å². The lowest BCUT2D eigenvalue weighted by molar-refractivity contribution is 0.116. The molecule has 0 N–H and O–H groups in total. The lowest BCUT2D eigenvalue weighted by Gasteiger charge is -2.42. The molecule has 3 rings (SSSR count). The molecule has 0 aliphatic heterocycles. The molecule has 1 aromatic heterocycles. The topological polar surface area (TPSA) is 8.17 Å². The van der Waals surface area contributed by atoms with Gasteiger partial charge in [-0.2, -0.15) is 0 Å². The van der Waals surface area contributed by atoms with Gasteiger partial charge in [0.05, 0.1) is 5.52 Å². The van der Waals surface area contributed by atoms with Gasteiger partial charge < -0.3 is 9.47 Å². The minimum atomic E-state index is -0.143.